The number of hydrogen-bond donors (Lipinski definition) is 0. The number of nitrogens with zero attached hydrogens (tertiary/aromatic N) is 4. The van der Waals surface area contributed by atoms with E-state index >= 15 is 0 Å². The highest BCUT2D eigenvalue weighted by molar-refractivity contribution is 7.13. The molecule has 3 aromatic rings. The summed E-state index contributed by atoms with van der Waals surface area (Å²) in [6, 6.07) is 10.0. The molecule has 0 amide bonds. The van der Waals surface area contributed by atoms with Gasteiger partial charge >= 0.3 is 0 Å². The predicted molar refractivity (Wildman–Crippen MR) is 111 cm³/mol. The van der Waals surface area contributed by atoms with Gasteiger partial charge in [0.25, 0.3) is 0 Å². The second-order valence-electron chi connectivity index (χ2n) is 6.46. The summed E-state index contributed by atoms with van der Waals surface area (Å²) in [6.07, 6.45) is 3.50. The third-order valence-corrected chi connectivity index (χ3v) is 5.97. The van der Waals surface area contributed by atoms with Crippen molar-refractivity contribution in [3.63, 3.8) is 0 Å². The minimum atomic E-state index is 0.717. The van der Waals surface area contributed by atoms with Gasteiger partial charge in [-0.3, -0.25) is 9.88 Å². The maximum atomic E-state index is 6.27. The third-order valence-electron chi connectivity index (χ3n) is 4.74. The fraction of sp³-hybridized carbons (Fsp3) is 0.300. The molecule has 1 aliphatic rings. The van der Waals surface area contributed by atoms with Crippen LogP contribution < -0.4 is 9.64 Å². The van der Waals surface area contributed by atoms with Crippen LogP contribution >= 0.6 is 22.9 Å². The first-order valence-electron chi connectivity index (χ1n) is 8.88. The van der Waals surface area contributed by atoms with E-state index in [2.05, 4.69) is 32.3 Å². The number of hydrogen-bond acceptors (Lipinski definition) is 6. The SMILES string of the molecule is COc1ccc(-c2nc(CN3CCN(c4ccncc4Cl)CC3)cs2)cc1. The summed E-state index contributed by atoms with van der Waals surface area (Å²) in [4.78, 5) is 13.6. The number of ether oxygens (including phenoxy) is 1. The predicted octanol–water partition coefficient (Wildman–Crippen LogP) is 4.19. The molecule has 1 saturated heterocycles. The van der Waals surface area contributed by atoms with E-state index in [-0.39, 0.29) is 0 Å². The number of methoxy groups -OCH3 is 1. The summed E-state index contributed by atoms with van der Waals surface area (Å²) < 4.78 is 5.22. The molecule has 0 saturated carbocycles. The first-order chi connectivity index (χ1) is 13.2. The molecule has 1 aliphatic heterocycles. The Morgan fingerprint density at radius 2 is 1.89 bits per heavy atom. The summed E-state index contributed by atoms with van der Waals surface area (Å²) in [5.41, 5.74) is 3.33. The smallest absolute Gasteiger partial charge is 0.123 e. The molecule has 0 spiro atoms. The fourth-order valence-corrected chi connectivity index (χ4v) is 4.30. The van der Waals surface area contributed by atoms with Crippen LogP contribution in [0.1, 0.15) is 5.69 Å². The highest BCUT2D eigenvalue weighted by Gasteiger charge is 2.19. The van der Waals surface area contributed by atoms with Gasteiger partial charge in [0.05, 0.1) is 23.5 Å². The molecule has 4 rings (SSSR count). The van der Waals surface area contributed by atoms with Crippen LogP contribution in [0.25, 0.3) is 10.6 Å². The lowest BCUT2D eigenvalue weighted by Gasteiger charge is -2.36. The number of halogens is 1. The van der Waals surface area contributed by atoms with Gasteiger partial charge in [0.2, 0.25) is 0 Å². The molecule has 7 heteroatoms. The molecule has 0 unspecified atom stereocenters. The van der Waals surface area contributed by atoms with Gasteiger partial charge in [-0.2, -0.15) is 0 Å². The molecular weight excluding hydrogens is 380 g/mol. The van der Waals surface area contributed by atoms with E-state index in [0.29, 0.717) is 0 Å². The molecule has 0 atom stereocenters. The van der Waals surface area contributed by atoms with E-state index in [1.165, 1.54) is 0 Å². The Labute approximate surface area is 168 Å². The topological polar surface area (TPSA) is 41.5 Å². The molecule has 3 heterocycles. The van der Waals surface area contributed by atoms with Crippen molar-refractivity contribution in [2.24, 2.45) is 0 Å². The monoisotopic (exact) mass is 400 g/mol. The Morgan fingerprint density at radius 1 is 1.11 bits per heavy atom. The molecule has 1 aromatic carbocycles. The average molecular weight is 401 g/mol. The zero-order chi connectivity index (χ0) is 18.6. The summed E-state index contributed by atoms with van der Waals surface area (Å²) in [5.74, 6) is 0.864. The lowest BCUT2D eigenvalue weighted by molar-refractivity contribution is 0.247. The number of anilines is 1. The Morgan fingerprint density at radius 3 is 2.59 bits per heavy atom. The van der Waals surface area contributed by atoms with E-state index < -0.39 is 0 Å². The maximum Gasteiger partial charge on any atom is 0.123 e. The number of benzene rings is 1. The number of pyridine rings is 1. The van der Waals surface area contributed by atoms with E-state index in [1.54, 1.807) is 30.8 Å². The molecule has 0 N–H and O–H groups in total. The Bertz CT molecular complexity index is 891. The van der Waals surface area contributed by atoms with E-state index in [1.807, 2.05) is 18.2 Å². The van der Waals surface area contributed by atoms with Crippen LogP contribution in [0, 0.1) is 0 Å². The van der Waals surface area contributed by atoms with Crippen molar-refractivity contribution in [3.8, 4) is 16.3 Å². The standard InChI is InChI=1S/C20H21ClN4OS/c1-26-17-4-2-15(3-5-17)20-23-16(14-27-20)13-24-8-10-25(11-9-24)19-6-7-22-12-18(19)21/h2-7,12,14H,8-11,13H2,1H3. The van der Waals surface area contributed by atoms with Crippen LogP contribution in [0.2, 0.25) is 5.02 Å². The highest BCUT2D eigenvalue weighted by atomic mass is 35.5. The molecule has 0 bridgehead atoms. The van der Waals surface area contributed by atoms with Crippen LogP contribution in [-0.2, 0) is 6.54 Å². The van der Waals surface area contributed by atoms with E-state index in [0.717, 1.165) is 65.4 Å². The van der Waals surface area contributed by atoms with Gasteiger partial charge in [-0.1, -0.05) is 11.6 Å². The number of piperazine rings is 1. The number of aromatic nitrogens is 2. The van der Waals surface area contributed by atoms with Gasteiger partial charge in [0, 0.05) is 56.1 Å². The van der Waals surface area contributed by atoms with Crippen molar-refractivity contribution < 1.29 is 4.74 Å². The molecule has 0 radical (unpaired) electrons. The Hall–Kier alpha value is -2.15. The third kappa shape index (κ3) is 4.24. The molecule has 2 aromatic heterocycles. The van der Waals surface area contributed by atoms with E-state index in [9.17, 15) is 0 Å². The van der Waals surface area contributed by atoms with Gasteiger partial charge in [-0.15, -0.1) is 11.3 Å². The molecule has 0 aliphatic carbocycles. The second-order valence-corrected chi connectivity index (χ2v) is 7.73. The molecule has 1 fully saturated rings. The molecule has 5 nitrogen and oxygen atoms in total. The Balaban J connectivity index is 1.35. The van der Waals surface area contributed by atoms with Crippen LogP contribution in [0.15, 0.2) is 48.1 Å². The lowest BCUT2D eigenvalue weighted by atomic mass is 10.2. The maximum absolute atomic E-state index is 6.27. The van der Waals surface area contributed by atoms with Crippen LogP contribution in [-0.4, -0.2) is 48.2 Å². The minimum absolute atomic E-state index is 0.717. The van der Waals surface area contributed by atoms with Crippen LogP contribution in [0.5, 0.6) is 5.75 Å². The van der Waals surface area contributed by atoms with Gasteiger partial charge in [0.1, 0.15) is 10.8 Å². The summed E-state index contributed by atoms with van der Waals surface area (Å²) >= 11 is 7.96. The van der Waals surface area contributed by atoms with Gasteiger partial charge in [-0.05, 0) is 30.3 Å². The first kappa shape index (κ1) is 18.2. The van der Waals surface area contributed by atoms with Crippen molar-refractivity contribution >= 4 is 28.6 Å². The Kier molecular flexibility index (Phi) is 5.57. The zero-order valence-electron chi connectivity index (χ0n) is 15.1. The normalized spacial score (nSPS) is 15.1. The average Bonchev–Trinajstić information content (AvgIpc) is 3.18. The van der Waals surface area contributed by atoms with Crippen LogP contribution in [0.3, 0.4) is 0 Å². The van der Waals surface area contributed by atoms with Crippen molar-refractivity contribution in [3.05, 3.63) is 58.8 Å². The van der Waals surface area contributed by atoms with Crippen LogP contribution in [0.4, 0.5) is 5.69 Å². The zero-order valence-corrected chi connectivity index (χ0v) is 16.7. The van der Waals surface area contributed by atoms with Crippen molar-refractivity contribution in [1.29, 1.82) is 0 Å². The first-order valence-corrected chi connectivity index (χ1v) is 10.1. The molecule has 27 heavy (non-hydrogen) atoms. The fourth-order valence-electron chi connectivity index (χ4n) is 3.25. The molecule has 140 valence electrons. The van der Waals surface area contributed by atoms with Crippen molar-refractivity contribution in [2.45, 2.75) is 6.54 Å². The number of rotatable bonds is 5. The molecular formula is C20H21ClN4OS. The van der Waals surface area contributed by atoms with Gasteiger partial charge in [-0.25, -0.2) is 4.98 Å². The van der Waals surface area contributed by atoms with E-state index in [4.69, 9.17) is 21.3 Å². The second kappa shape index (κ2) is 8.25. The van der Waals surface area contributed by atoms with Gasteiger partial charge < -0.3 is 9.64 Å². The highest BCUT2D eigenvalue weighted by Crippen LogP contribution is 2.27. The summed E-state index contributed by atoms with van der Waals surface area (Å²) in [5, 5.41) is 3.93. The van der Waals surface area contributed by atoms with Crippen molar-refractivity contribution in [1.82, 2.24) is 14.9 Å². The van der Waals surface area contributed by atoms with Crippen molar-refractivity contribution in [2.75, 3.05) is 38.2 Å². The lowest BCUT2D eigenvalue weighted by Crippen LogP contribution is -2.46. The largest absolute Gasteiger partial charge is 0.497 e. The quantitative estimate of drug-likeness (QED) is 0.642. The summed E-state index contributed by atoms with van der Waals surface area (Å²) in [7, 11) is 1.68. The minimum Gasteiger partial charge on any atom is -0.497 e. The number of thiazole rings is 1. The van der Waals surface area contributed by atoms with Gasteiger partial charge in [0.15, 0.2) is 0 Å². The summed E-state index contributed by atoms with van der Waals surface area (Å²) in [6.45, 7) is 4.78.